The molecule has 1 N–H and O–H groups in total. The van der Waals surface area contributed by atoms with Gasteiger partial charge in [-0.3, -0.25) is 14.4 Å². The normalized spacial score (nSPS) is 11.4. The van der Waals surface area contributed by atoms with E-state index in [-0.39, 0.29) is 18.0 Å². The van der Waals surface area contributed by atoms with Crippen molar-refractivity contribution < 1.29 is 9.84 Å². The highest BCUT2D eigenvalue weighted by Gasteiger charge is 2.15. The van der Waals surface area contributed by atoms with Crippen LogP contribution in [0.4, 0.5) is 5.69 Å². The Morgan fingerprint density at radius 2 is 1.58 bits per heavy atom. The van der Waals surface area contributed by atoms with Gasteiger partial charge in [-0.05, 0) is 46.7 Å². The minimum absolute atomic E-state index is 0.112. The molecule has 0 saturated carbocycles. The van der Waals surface area contributed by atoms with E-state index >= 15 is 0 Å². The van der Waals surface area contributed by atoms with Gasteiger partial charge in [0.05, 0.1) is 24.9 Å². The first-order valence-electron chi connectivity index (χ1n) is 10.6. The molecule has 5 heteroatoms. The first-order valence-corrected chi connectivity index (χ1v) is 10.6. The molecule has 0 bridgehead atoms. The molecule has 1 heterocycles. The Morgan fingerprint density at radius 1 is 0.879 bits per heavy atom. The van der Waals surface area contributed by atoms with Crippen LogP contribution < -0.4 is 10.3 Å². The smallest absolute Gasteiger partial charge is 0.261 e. The minimum Gasteiger partial charge on any atom is -0.497 e. The van der Waals surface area contributed by atoms with Crippen molar-refractivity contribution in [3.63, 3.8) is 0 Å². The predicted octanol–water partition coefficient (Wildman–Crippen LogP) is 5.67. The maximum atomic E-state index is 13.2. The molecular formula is C28H22N2O3. The SMILES string of the molecule is COc1ccc(Cn2c(O)c(C=Nc3ccc4ccccc4c3)c3ccccc3c2=O)cc1. The van der Waals surface area contributed by atoms with Crippen molar-refractivity contribution in [1.29, 1.82) is 0 Å². The van der Waals surface area contributed by atoms with E-state index in [2.05, 4.69) is 11.1 Å². The van der Waals surface area contributed by atoms with Gasteiger partial charge in [0.25, 0.3) is 5.56 Å². The van der Waals surface area contributed by atoms with E-state index in [0.717, 1.165) is 27.8 Å². The Balaban J connectivity index is 1.61. The van der Waals surface area contributed by atoms with Crippen LogP contribution >= 0.6 is 0 Å². The van der Waals surface area contributed by atoms with Crippen LogP contribution in [-0.4, -0.2) is 23.0 Å². The Hall–Kier alpha value is -4.38. The zero-order chi connectivity index (χ0) is 22.8. The van der Waals surface area contributed by atoms with E-state index in [9.17, 15) is 9.90 Å². The van der Waals surface area contributed by atoms with Crippen LogP contribution in [0.1, 0.15) is 11.1 Å². The Morgan fingerprint density at radius 3 is 2.33 bits per heavy atom. The van der Waals surface area contributed by atoms with Crippen molar-refractivity contribution in [3.8, 4) is 11.6 Å². The molecule has 5 rings (SSSR count). The van der Waals surface area contributed by atoms with Crippen molar-refractivity contribution in [2.24, 2.45) is 4.99 Å². The lowest BCUT2D eigenvalue weighted by Gasteiger charge is -2.14. The number of aromatic nitrogens is 1. The summed E-state index contributed by atoms with van der Waals surface area (Å²) >= 11 is 0. The standard InChI is InChI=1S/C28H22N2O3/c1-33-23-14-10-19(11-15-23)18-30-27(31)25-9-5-4-8-24(25)26(28(30)32)17-29-22-13-12-20-6-2-3-7-21(20)16-22/h2-17,32H,18H2,1H3. The highest BCUT2D eigenvalue weighted by atomic mass is 16.5. The second-order valence-electron chi connectivity index (χ2n) is 7.81. The number of nitrogens with zero attached hydrogens (tertiary/aromatic N) is 2. The number of hydrogen-bond donors (Lipinski definition) is 1. The second kappa shape index (κ2) is 8.63. The van der Waals surface area contributed by atoms with Gasteiger partial charge in [0.2, 0.25) is 5.88 Å². The van der Waals surface area contributed by atoms with Gasteiger partial charge in [0.15, 0.2) is 0 Å². The lowest BCUT2D eigenvalue weighted by Crippen LogP contribution is -2.22. The van der Waals surface area contributed by atoms with Crippen LogP contribution in [0.2, 0.25) is 0 Å². The maximum absolute atomic E-state index is 13.2. The zero-order valence-corrected chi connectivity index (χ0v) is 18.1. The second-order valence-corrected chi connectivity index (χ2v) is 7.81. The van der Waals surface area contributed by atoms with Crippen LogP contribution in [-0.2, 0) is 6.54 Å². The summed E-state index contributed by atoms with van der Waals surface area (Å²) in [5.74, 6) is 0.621. The molecule has 0 aliphatic heterocycles. The molecule has 33 heavy (non-hydrogen) atoms. The highest BCUT2D eigenvalue weighted by molar-refractivity contribution is 6.02. The Bertz CT molecular complexity index is 1550. The summed E-state index contributed by atoms with van der Waals surface area (Å²) in [6.45, 7) is 0.232. The molecule has 5 aromatic rings. The van der Waals surface area contributed by atoms with Crippen molar-refractivity contribution in [2.75, 3.05) is 7.11 Å². The summed E-state index contributed by atoms with van der Waals surface area (Å²) < 4.78 is 6.59. The summed E-state index contributed by atoms with van der Waals surface area (Å²) in [7, 11) is 1.61. The summed E-state index contributed by atoms with van der Waals surface area (Å²) in [5, 5.41) is 14.5. The van der Waals surface area contributed by atoms with Gasteiger partial charge in [0, 0.05) is 17.0 Å². The molecule has 0 fully saturated rings. The molecule has 0 atom stereocenters. The number of rotatable bonds is 5. The lowest BCUT2D eigenvalue weighted by molar-refractivity contribution is 0.412. The molecule has 0 spiro atoms. The van der Waals surface area contributed by atoms with Gasteiger partial charge < -0.3 is 9.84 Å². The molecule has 0 unspecified atom stereocenters. The molecular weight excluding hydrogens is 412 g/mol. The van der Waals surface area contributed by atoms with Gasteiger partial charge in [-0.2, -0.15) is 0 Å². The van der Waals surface area contributed by atoms with E-state index in [1.54, 1.807) is 19.4 Å². The number of aromatic hydroxyl groups is 1. The highest BCUT2D eigenvalue weighted by Crippen LogP contribution is 2.26. The van der Waals surface area contributed by atoms with E-state index < -0.39 is 0 Å². The van der Waals surface area contributed by atoms with E-state index in [1.807, 2.05) is 78.9 Å². The third-order valence-electron chi connectivity index (χ3n) is 5.76. The van der Waals surface area contributed by atoms with Crippen LogP contribution in [0.5, 0.6) is 11.6 Å². The molecule has 0 aliphatic carbocycles. The maximum Gasteiger partial charge on any atom is 0.261 e. The molecule has 0 radical (unpaired) electrons. The van der Waals surface area contributed by atoms with Crippen LogP contribution in [0.3, 0.4) is 0 Å². The number of methoxy groups -OCH3 is 1. The number of pyridine rings is 1. The number of fused-ring (bicyclic) bond motifs is 2. The van der Waals surface area contributed by atoms with Crippen LogP contribution in [0.15, 0.2) is 101 Å². The molecule has 1 aromatic heterocycles. The fourth-order valence-corrected chi connectivity index (χ4v) is 4.00. The van der Waals surface area contributed by atoms with Gasteiger partial charge in [-0.15, -0.1) is 0 Å². The van der Waals surface area contributed by atoms with Crippen molar-refractivity contribution in [2.45, 2.75) is 6.54 Å². The van der Waals surface area contributed by atoms with Gasteiger partial charge >= 0.3 is 0 Å². The van der Waals surface area contributed by atoms with Crippen molar-refractivity contribution >= 4 is 33.4 Å². The zero-order valence-electron chi connectivity index (χ0n) is 18.1. The van der Waals surface area contributed by atoms with Gasteiger partial charge in [0.1, 0.15) is 5.75 Å². The number of ether oxygens (including phenoxy) is 1. The average Bonchev–Trinajstić information content (AvgIpc) is 2.87. The number of benzene rings is 4. The third-order valence-corrected chi connectivity index (χ3v) is 5.76. The van der Waals surface area contributed by atoms with Gasteiger partial charge in [-0.1, -0.05) is 60.7 Å². The summed E-state index contributed by atoms with van der Waals surface area (Å²) in [4.78, 5) is 17.8. The topological polar surface area (TPSA) is 63.8 Å². The molecule has 5 nitrogen and oxygen atoms in total. The Kier molecular flexibility index (Phi) is 5.37. The molecule has 162 valence electrons. The van der Waals surface area contributed by atoms with Crippen LogP contribution in [0, 0.1) is 0 Å². The quantitative estimate of drug-likeness (QED) is 0.363. The molecule has 0 amide bonds. The van der Waals surface area contributed by atoms with Crippen molar-refractivity contribution in [1.82, 2.24) is 4.57 Å². The van der Waals surface area contributed by atoms with Crippen LogP contribution in [0.25, 0.3) is 21.5 Å². The number of aliphatic imine (C=N–C) groups is 1. The molecule has 0 saturated heterocycles. The third kappa shape index (κ3) is 3.96. The number of hydrogen-bond acceptors (Lipinski definition) is 4. The van der Waals surface area contributed by atoms with Crippen molar-refractivity contribution in [3.05, 3.63) is 112 Å². The fraction of sp³-hybridized carbons (Fsp3) is 0.0714. The first kappa shape index (κ1) is 20.5. The monoisotopic (exact) mass is 434 g/mol. The minimum atomic E-state index is -0.248. The first-order chi connectivity index (χ1) is 16.1. The predicted molar refractivity (Wildman–Crippen MR) is 133 cm³/mol. The molecule has 0 aliphatic rings. The van der Waals surface area contributed by atoms with E-state index in [1.165, 1.54) is 4.57 Å². The average molecular weight is 434 g/mol. The lowest BCUT2D eigenvalue weighted by atomic mass is 10.1. The largest absolute Gasteiger partial charge is 0.497 e. The summed E-state index contributed by atoms with van der Waals surface area (Å²) in [6.07, 6.45) is 1.63. The van der Waals surface area contributed by atoms with E-state index in [0.29, 0.717) is 16.3 Å². The summed E-state index contributed by atoms with van der Waals surface area (Å²) in [6, 6.07) is 28.7. The molecule has 4 aromatic carbocycles. The fourth-order valence-electron chi connectivity index (χ4n) is 4.00. The van der Waals surface area contributed by atoms with Gasteiger partial charge in [-0.25, -0.2) is 0 Å². The van der Waals surface area contributed by atoms with E-state index in [4.69, 9.17) is 4.74 Å². The Labute approximate surface area is 190 Å². The summed E-state index contributed by atoms with van der Waals surface area (Å²) in [5.41, 5.74) is 1.90.